The van der Waals surface area contributed by atoms with Gasteiger partial charge in [-0.25, -0.2) is 4.79 Å². The van der Waals surface area contributed by atoms with Crippen LogP contribution in [-0.4, -0.2) is 39.1 Å². The van der Waals surface area contributed by atoms with Gasteiger partial charge in [-0.05, 0) is 30.7 Å². The highest BCUT2D eigenvalue weighted by Gasteiger charge is 2.48. The number of anilines is 2. The maximum Gasteiger partial charge on any atom is 0.339 e. The number of carbonyl (C=O) groups is 3. The van der Waals surface area contributed by atoms with Crippen LogP contribution in [0, 0.1) is 11.8 Å². The lowest BCUT2D eigenvalue weighted by atomic mass is 10.1. The van der Waals surface area contributed by atoms with Crippen LogP contribution in [0.15, 0.2) is 42.5 Å². The first-order valence-electron chi connectivity index (χ1n) is 8.99. The fourth-order valence-corrected chi connectivity index (χ4v) is 3.01. The number of hydrogen-bond donors (Lipinski definition) is 2. The van der Waals surface area contributed by atoms with E-state index >= 15 is 0 Å². The third-order valence-electron chi connectivity index (χ3n) is 4.72. The lowest BCUT2D eigenvalue weighted by Crippen LogP contribution is -2.21. The maximum absolute atomic E-state index is 12.5. The molecule has 1 aliphatic rings. The van der Waals surface area contributed by atoms with E-state index in [4.69, 9.17) is 14.2 Å². The Morgan fingerprint density at radius 1 is 0.862 bits per heavy atom. The molecule has 2 atom stereocenters. The first-order valence-corrected chi connectivity index (χ1v) is 8.99. The minimum absolute atomic E-state index is 0.257. The van der Waals surface area contributed by atoms with Gasteiger partial charge in [0, 0.05) is 6.07 Å². The number of benzene rings is 2. The standard InChI is InChI=1S/C21H22N2O6/c1-27-12-8-9-17(18(10-12)28-2)23-20(25)15-11-14(15)19(24)22-16-7-5-4-6-13(16)21(26)29-3/h4-10,14-15H,11H2,1-3H3,(H,22,24)(H,23,25). The van der Waals surface area contributed by atoms with Gasteiger partial charge in [0.15, 0.2) is 0 Å². The van der Waals surface area contributed by atoms with Gasteiger partial charge in [0.1, 0.15) is 11.5 Å². The summed E-state index contributed by atoms with van der Waals surface area (Å²) in [5, 5.41) is 5.50. The fraction of sp³-hybridized carbons (Fsp3) is 0.286. The SMILES string of the molecule is COC(=O)c1ccccc1NC(=O)C1CC1C(=O)Nc1ccc(OC)cc1OC. The average molecular weight is 398 g/mol. The zero-order valence-corrected chi connectivity index (χ0v) is 16.4. The number of amides is 2. The molecule has 2 amide bonds. The second-order valence-corrected chi connectivity index (χ2v) is 6.53. The van der Waals surface area contributed by atoms with Crippen LogP contribution < -0.4 is 20.1 Å². The predicted molar refractivity (Wildman–Crippen MR) is 106 cm³/mol. The molecule has 1 fully saturated rings. The van der Waals surface area contributed by atoms with Gasteiger partial charge in [0.25, 0.3) is 0 Å². The Labute approximate surface area is 168 Å². The van der Waals surface area contributed by atoms with Crippen LogP contribution in [0.3, 0.4) is 0 Å². The van der Waals surface area contributed by atoms with Crippen molar-refractivity contribution < 1.29 is 28.6 Å². The van der Waals surface area contributed by atoms with Gasteiger partial charge in [0.05, 0.1) is 50.1 Å². The summed E-state index contributed by atoms with van der Waals surface area (Å²) in [6.07, 6.45) is 0.427. The quantitative estimate of drug-likeness (QED) is 0.695. The Morgan fingerprint density at radius 2 is 1.52 bits per heavy atom. The molecule has 8 heteroatoms. The molecule has 2 unspecified atom stereocenters. The summed E-state index contributed by atoms with van der Waals surface area (Å²) < 4.78 is 15.1. The van der Waals surface area contributed by atoms with Crippen LogP contribution in [-0.2, 0) is 14.3 Å². The second-order valence-electron chi connectivity index (χ2n) is 6.53. The van der Waals surface area contributed by atoms with E-state index in [-0.39, 0.29) is 17.4 Å². The van der Waals surface area contributed by atoms with Crippen molar-refractivity contribution in [3.8, 4) is 11.5 Å². The van der Waals surface area contributed by atoms with Crippen LogP contribution in [0.5, 0.6) is 11.5 Å². The molecule has 0 bridgehead atoms. The molecule has 2 aromatic rings. The van der Waals surface area contributed by atoms with Gasteiger partial charge < -0.3 is 24.8 Å². The number of methoxy groups -OCH3 is 3. The van der Waals surface area contributed by atoms with E-state index in [1.54, 1.807) is 49.6 Å². The Kier molecular flexibility index (Phi) is 6.01. The zero-order chi connectivity index (χ0) is 21.0. The summed E-state index contributed by atoms with van der Waals surface area (Å²) in [6.45, 7) is 0. The highest BCUT2D eigenvalue weighted by molar-refractivity contribution is 6.06. The summed E-state index contributed by atoms with van der Waals surface area (Å²) in [4.78, 5) is 36.9. The molecule has 0 aromatic heterocycles. The van der Waals surface area contributed by atoms with Crippen molar-refractivity contribution in [3.05, 3.63) is 48.0 Å². The number of carbonyl (C=O) groups excluding carboxylic acids is 3. The smallest absolute Gasteiger partial charge is 0.339 e. The Balaban J connectivity index is 1.63. The van der Waals surface area contributed by atoms with Gasteiger partial charge >= 0.3 is 5.97 Å². The molecule has 0 heterocycles. The summed E-state index contributed by atoms with van der Waals surface area (Å²) in [5.41, 5.74) is 1.11. The molecule has 0 saturated heterocycles. The van der Waals surface area contributed by atoms with Crippen LogP contribution in [0.25, 0.3) is 0 Å². The van der Waals surface area contributed by atoms with Crippen molar-refractivity contribution in [2.24, 2.45) is 11.8 Å². The number of rotatable bonds is 7. The van der Waals surface area contributed by atoms with Crippen molar-refractivity contribution in [1.29, 1.82) is 0 Å². The Morgan fingerprint density at radius 3 is 2.14 bits per heavy atom. The van der Waals surface area contributed by atoms with Crippen LogP contribution in [0.1, 0.15) is 16.8 Å². The molecule has 1 saturated carbocycles. The van der Waals surface area contributed by atoms with E-state index in [0.29, 0.717) is 29.3 Å². The van der Waals surface area contributed by atoms with E-state index in [1.807, 2.05) is 0 Å². The summed E-state index contributed by atoms with van der Waals surface area (Å²) in [7, 11) is 4.31. The summed E-state index contributed by atoms with van der Waals surface area (Å²) >= 11 is 0. The summed E-state index contributed by atoms with van der Waals surface area (Å²) in [5.74, 6) is -0.980. The molecule has 2 N–H and O–H groups in total. The average Bonchev–Trinajstić information content (AvgIpc) is 3.55. The number of para-hydroxylation sites is 1. The van der Waals surface area contributed by atoms with Crippen LogP contribution >= 0.6 is 0 Å². The fourth-order valence-electron chi connectivity index (χ4n) is 3.01. The van der Waals surface area contributed by atoms with Gasteiger partial charge in [0.2, 0.25) is 11.8 Å². The molecule has 3 rings (SSSR count). The zero-order valence-electron chi connectivity index (χ0n) is 16.4. The van der Waals surface area contributed by atoms with Crippen molar-refractivity contribution in [3.63, 3.8) is 0 Å². The predicted octanol–water partition coefficient (Wildman–Crippen LogP) is 2.70. The monoisotopic (exact) mass is 398 g/mol. The summed E-state index contributed by atoms with van der Waals surface area (Å²) in [6, 6.07) is 11.6. The van der Waals surface area contributed by atoms with Crippen LogP contribution in [0.2, 0.25) is 0 Å². The molecule has 1 aliphatic carbocycles. The van der Waals surface area contributed by atoms with Gasteiger partial charge in [-0.15, -0.1) is 0 Å². The maximum atomic E-state index is 12.5. The molecule has 0 aliphatic heterocycles. The van der Waals surface area contributed by atoms with Crippen molar-refractivity contribution in [2.45, 2.75) is 6.42 Å². The van der Waals surface area contributed by atoms with E-state index < -0.39 is 17.8 Å². The number of hydrogen-bond acceptors (Lipinski definition) is 6. The molecule has 0 radical (unpaired) electrons. The van der Waals surface area contributed by atoms with Crippen molar-refractivity contribution in [2.75, 3.05) is 32.0 Å². The minimum Gasteiger partial charge on any atom is -0.497 e. The van der Waals surface area contributed by atoms with Crippen LogP contribution in [0.4, 0.5) is 11.4 Å². The second kappa shape index (κ2) is 8.64. The van der Waals surface area contributed by atoms with Gasteiger partial charge in [-0.1, -0.05) is 12.1 Å². The molecule has 2 aromatic carbocycles. The van der Waals surface area contributed by atoms with E-state index in [9.17, 15) is 14.4 Å². The normalized spacial score (nSPS) is 17.1. The van der Waals surface area contributed by atoms with E-state index in [1.165, 1.54) is 14.2 Å². The molecular formula is C21H22N2O6. The van der Waals surface area contributed by atoms with Gasteiger partial charge in [-0.2, -0.15) is 0 Å². The third kappa shape index (κ3) is 4.48. The van der Waals surface area contributed by atoms with Crippen molar-refractivity contribution >= 4 is 29.2 Å². The number of ether oxygens (including phenoxy) is 3. The topological polar surface area (TPSA) is 103 Å². The highest BCUT2D eigenvalue weighted by atomic mass is 16.5. The van der Waals surface area contributed by atoms with Crippen molar-refractivity contribution in [1.82, 2.24) is 0 Å². The van der Waals surface area contributed by atoms with E-state index in [2.05, 4.69) is 10.6 Å². The first kappa shape index (κ1) is 20.2. The highest BCUT2D eigenvalue weighted by Crippen LogP contribution is 2.41. The van der Waals surface area contributed by atoms with E-state index in [0.717, 1.165) is 0 Å². The van der Waals surface area contributed by atoms with Gasteiger partial charge in [-0.3, -0.25) is 9.59 Å². The molecule has 0 spiro atoms. The largest absolute Gasteiger partial charge is 0.497 e. The molecule has 29 heavy (non-hydrogen) atoms. The number of esters is 1. The lowest BCUT2D eigenvalue weighted by molar-refractivity contribution is -0.122. The Bertz CT molecular complexity index is 943. The molecule has 152 valence electrons. The molecule has 8 nitrogen and oxygen atoms in total. The minimum atomic E-state index is -0.544. The third-order valence-corrected chi connectivity index (χ3v) is 4.72. The first-order chi connectivity index (χ1) is 14.0. The number of nitrogens with one attached hydrogen (secondary N) is 2. The lowest BCUT2D eigenvalue weighted by Gasteiger charge is -2.12. The Hall–Kier alpha value is -3.55. The molecular weight excluding hydrogens is 376 g/mol.